The monoisotopic (exact) mass is 269 g/mol. The molecule has 0 atom stereocenters. The predicted octanol–water partition coefficient (Wildman–Crippen LogP) is 3.05. The van der Waals surface area contributed by atoms with Crippen LogP contribution in [0.25, 0.3) is 10.6 Å². The minimum atomic E-state index is 0.677. The van der Waals surface area contributed by atoms with Crippen LogP contribution in [0.2, 0.25) is 0 Å². The summed E-state index contributed by atoms with van der Waals surface area (Å²) in [6, 6.07) is 4.01. The van der Waals surface area contributed by atoms with E-state index in [9.17, 15) is 0 Å². The van der Waals surface area contributed by atoms with Crippen LogP contribution in [0.15, 0.2) is 42.4 Å². The number of aromatic nitrogens is 4. The van der Waals surface area contributed by atoms with E-state index < -0.39 is 0 Å². The van der Waals surface area contributed by atoms with Crippen LogP contribution in [0.4, 0.5) is 11.6 Å². The molecule has 0 bridgehead atoms. The van der Waals surface area contributed by atoms with Gasteiger partial charge in [-0.3, -0.25) is 9.97 Å². The summed E-state index contributed by atoms with van der Waals surface area (Å²) in [6.45, 7) is 2.04. The van der Waals surface area contributed by atoms with E-state index in [0.29, 0.717) is 5.82 Å². The molecule has 0 spiro atoms. The second-order valence-electron chi connectivity index (χ2n) is 4.00. The van der Waals surface area contributed by atoms with Crippen molar-refractivity contribution in [3.63, 3.8) is 0 Å². The van der Waals surface area contributed by atoms with Crippen molar-refractivity contribution in [1.82, 2.24) is 19.9 Å². The first kappa shape index (κ1) is 11.7. The summed E-state index contributed by atoms with van der Waals surface area (Å²) in [5.74, 6) is 1.43. The van der Waals surface area contributed by atoms with E-state index in [4.69, 9.17) is 0 Å². The molecule has 1 N–H and O–H groups in total. The maximum absolute atomic E-state index is 4.56. The highest BCUT2D eigenvalue weighted by molar-refractivity contribution is 7.13. The highest BCUT2D eigenvalue weighted by Gasteiger charge is 2.05. The van der Waals surface area contributed by atoms with E-state index in [1.165, 1.54) is 0 Å². The second-order valence-corrected chi connectivity index (χ2v) is 4.88. The predicted molar refractivity (Wildman–Crippen MR) is 75.4 cm³/mol. The molecule has 3 heterocycles. The van der Waals surface area contributed by atoms with Crippen LogP contribution in [-0.4, -0.2) is 19.9 Å². The maximum atomic E-state index is 4.56. The summed E-state index contributed by atoms with van der Waals surface area (Å²) in [4.78, 5) is 17.9. The fourth-order valence-electron chi connectivity index (χ4n) is 1.69. The summed E-state index contributed by atoms with van der Waals surface area (Å²) in [5.41, 5.74) is 3.84. The van der Waals surface area contributed by atoms with Crippen molar-refractivity contribution >= 4 is 23.0 Å². The molecule has 0 fully saturated rings. The number of pyridine rings is 1. The number of hydrogen-bond acceptors (Lipinski definition) is 6. The molecule has 0 saturated heterocycles. The van der Waals surface area contributed by atoms with Gasteiger partial charge in [0.2, 0.25) is 0 Å². The quantitative estimate of drug-likeness (QED) is 0.791. The van der Waals surface area contributed by atoms with Gasteiger partial charge in [-0.2, -0.15) is 0 Å². The van der Waals surface area contributed by atoms with Crippen molar-refractivity contribution in [1.29, 1.82) is 0 Å². The SMILES string of the molecule is Cc1cc(Nc2cnccn2)nc(-c2cncs2)c1. The molecule has 0 aliphatic rings. The lowest BCUT2D eigenvalue weighted by Crippen LogP contribution is -1.97. The molecule has 5 nitrogen and oxygen atoms in total. The van der Waals surface area contributed by atoms with Crippen molar-refractivity contribution in [3.05, 3.63) is 48.0 Å². The van der Waals surface area contributed by atoms with E-state index in [1.54, 1.807) is 35.4 Å². The molecular formula is C13H11N5S. The number of hydrogen-bond donors (Lipinski definition) is 1. The summed E-state index contributed by atoms with van der Waals surface area (Å²) in [7, 11) is 0. The Hall–Kier alpha value is -2.34. The number of nitrogens with zero attached hydrogens (tertiary/aromatic N) is 4. The largest absolute Gasteiger partial charge is 0.324 e. The Labute approximate surface area is 114 Å². The lowest BCUT2D eigenvalue weighted by atomic mass is 10.2. The van der Waals surface area contributed by atoms with Crippen LogP contribution >= 0.6 is 11.3 Å². The molecule has 0 saturated carbocycles. The fourth-order valence-corrected chi connectivity index (χ4v) is 2.28. The van der Waals surface area contributed by atoms with Gasteiger partial charge >= 0.3 is 0 Å². The average molecular weight is 269 g/mol. The zero-order valence-electron chi connectivity index (χ0n) is 10.2. The van der Waals surface area contributed by atoms with E-state index in [2.05, 4.69) is 25.3 Å². The molecule has 19 heavy (non-hydrogen) atoms. The van der Waals surface area contributed by atoms with E-state index >= 15 is 0 Å². The molecule has 0 aromatic carbocycles. The molecular weight excluding hydrogens is 258 g/mol. The van der Waals surface area contributed by atoms with Gasteiger partial charge in [0.25, 0.3) is 0 Å². The second kappa shape index (κ2) is 5.11. The minimum Gasteiger partial charge on any atom is -0.324 e. The molecule has 3 aromatic rings. The normalized spacial score (nSPS) is 10.4. The molecule has 0 aliphatic carbocycles. The molecule has 0 radical (unpaired) electrons. The number of thiazole rings is 1. The Morgan fingerprint density at radius 3 is 2.74 bits per heavy atom. The number of aryl methyl sites for hydroxylation is 1. The first-order chi connectivity index (χ1) is 9.31. The molecule has 6 heteroatoms. The first-order valence-corrected chi connectivity index (χ1v) is 6.60. The van der Waals surface area contributed by atoms with Gasteiger partial charge in [0.05, 0.1) is 22.3 Å². The van der Waals surface area contributed by atoms with E-state index in [1.807, 2.05) is 25.3 Å². The number of nitrogens with one attached hydrogen (secondary N) is 1. The highest BCUT2D eigenvalue weighted by Crippen LogP contribution is 2.24. The fraction of sp³-hybridized carbons (Fsp3) is 0.0769. The van der Waals surface area contributed by atoms with Crippen LogP contribution < -0.4 is 5.32 Å². The van der Waals surface area contributed by atoms with E-state index in [-0.39, 0.29) is 0 Å². The van der Waals surface area contributed by atoms with Crippen molar-refractivity contribution in [2.45, 2.75) is 6.92 Å². The molecule has 3 aromatic heterocycles. The minimum absolute atomic E-state index is 0.677. The summed E-state index contributed by atoms with van der Waals surface area (Å²) >= 11 is 1.57. The molecule has 3 rings (SSSR count). The lowest BCUT2D eigenvalue weighted by molar-refractivity contribution is 1.18. The molecule has 0 aliphatic heterocycles. The molecule has 0 amide bonds. The third-order valence-corrected chi connectivity index (χ3v) is 3.27. The van der Waals surface area contributed by atoms with Crippen LogP contribution in [-0.2, 0) is 0 Å². The van der Waals surface area contributed by atoms with Gasteiger partial charge in [-0.1, -0.05) is 0 Å². The summed E-state index contributed by atoms with van der Waals surface area (Å²) in [5, 5.41) is 3.15. The van der Waals surface area contributed by atoms with Gasteiger partial charge in [-0.25, -0.2) is 9.97 Å². The van der Waals surface area contributed by atoms with Gasteiger partial charge in [0.1, 0.15) is 11.6 Å². The van der Waals surface area contributed by atoms with Gasteiger partial charge < -0.3 is 5.32 Å². The van der Waals surface area contributed by atoms with Gasteiger partial charge in [0.15, 0.2) is 0 Å². The Bertz CT molecular complexity index is 667. The van der Waals surface area contributed by atoms with Crippen molar-refractivity contribution in [2.75, 3.05) is 5.32 Å². The molecule has 94 valence electrons. The van der Waals surface area contributed by atoms with Crippen molar-refractivity contribution in [3.8, 4) is 10.6 Å². The van der Waals surface area contributed by atoms with Gasteiger partial charge in [0, 0.05) is 18.6 Å². The lowest BCUT2D eigenvalue weighted by Gasteiger charge is -2.07. The Kier molecular flexibility index (Phi) is 3.16. The zero-order valence-corrected chi connectivity index (χ0v) is 11.1. The Balaban J connectivity index is 1.94. The average Bonchev–Trinajstić information content (AvgIpc) is 2.93. The maximum Gasteiger partial charge on any atom is 0.150 e. The molecule has 0 unspecified atom stereocenters. The standard InChI is InChI=1S/C13H11N5S/c1-9-4-10(11-6-15-8-19-11)17-12(5-9)18-13-7-14-2-3-16-13/h2-8H,1H3,(H,16,17,18). The van der Waals surface area contributed by atoms with Crippen LogP contribution in [0, 0.1) is 6.92 Å². The topological polar surface area (TPSA) is 63.6 Å². The van der Waals surface area contributed by atoms with Gasteiger partial charge in [-0.05, 0) is 24.6 Å². The highest BCUT2D eigenvalue weighted by atomic mass is 32.1. The van der Waals surface area contributed by atoms with Crippen LogP contribution in [0.1, 0.15) is 5.56 Å². The van der Waals surface area contributed by atoms with Crippen molar-refractivity contribution < 1.29 is 0 Å². The van der Waals surface area contributed by atoms with Gasteiger partial charge in [-0.15, -0.1) is 11.3 Å². The Morgan fingerprint density at radius 2 is 2.00 bits per heavy atom. The summed E-state index contributed by atoms with van der Waals surface area (Å²) in [6.07, 6.45) is 6.76. The van der Waals surface area contributed by atoms with Crippen molar-refractivity contribution in [2.24, 2.45) is 0 Å². The van der Waals surface area contributed by atoms with Crippen LogP contribution in [0.3, 0.4) is 0 Å². The number of rotatable bonds is 3. The van der Waals surface area contributed by atoms with Crippen LogP contribution in [0.5, 0.6) is 0 Å². The third kappa shape index (κ3) is 2.74. The third-order valence-electron chi connectivity index (χ3n) is 2.47. The number of anilines is 2. The first-order valence-electron chi connectivity index (χ1n) is 5.72. The summed E-state index contributed by atoms with van der Waals surface area (Å²) < 4.78 is 0. The smallest absolute Gasteiger partial charge is 0.150 e. The van der Waals surface area contributed by atoms with E-state index in [0.717, 1.165) is 22.0 Å². The Morgan fingerprint density at radius 1 is 1.05 bits per heavy atom. The zero-order chi connectivity index (χ0) is 13.1.